The number of ether oxygens (including phenoxy) is 2. The second kappa shape index (κ2) is 11.5. The van der Waals surface area contributed by atoms with Gasteiger partial charge >= 0.3 is 0 Å². The Morgan fingerprint density at radius 1 is 1.12 bits per heavy atom. The Labute approximate surface area is 258 Å². The molecule has 1 N–H and O–H groups in total. The molecule has 2 aromatic rings. The number of allylic oxidation sites excluding steroid dienone is 2. The molecule has 0 radical (unpaired) electrons. The topological polar surface area (TPSA) is 97.8 Å². The van der Waals surface area contributed by atoms with Gasteiger partial charge in [0.1, 0.15) is 23.0 Å². The number of aromatic nitrogens is 1. The predicted molar refractivity (Wildman–Crippen MR) is 169 cm³/mol. The molecule has 1 aromatic carbocycles. The van der Waals surface area contributed by atoms with E-state index in [0.29, 0.717) is 59.1 Å². The van der Waals surface area contributed by atoms with Gasteiger partial charge in [0, 0.05) is 55.3 Å². The van der Waals surface area contributed by atoms with Crippen molar-refractivity contribution in [3.8, 4) is 17.0 Å². The molecule has 1 aromatic heterocycles. The third-order valence-electron chi connectivity index (χ3n) is 8.98. The molecule has 3 aliphatic rings. The zero-order valence-electron chi connectivity index (χ0n) is 26.5. The molecule has 0 unspecified atom stereocenters. The monoisotopic (exact) mass is 603 g/mol. The van der Waals surface area contributed by atoms with Crippen LogP contribution in [0.1, 0.15) is 80.1 Å². The predicted octanol–water partition coefficient (Wildman–Crippen LogP) is 6.28. The molecule has 1 aliphatic carbocycles. The molecule has 43 heavy (non-hydrogen) atoms. The minimum absolute atomic E-state index is 0.0134. The number of amides is 2. The number of benzene rings is 1. The largest absolute Gasteiger partial charge is 0.496 e. The quantitative estimate of drug-likeness (QED) is 0.388. The number of likely N-dealkylation sites (N-methyl/N-ethyl adjacent to an activating group) is 1. The second-order valence-electron chi connectivity index (χ2n) is 12.9. The van der Waals surface area contributed by atoms with Crippen molar-refractivity contribution in [1.29, 1.82) is 0 Å². The summed E-state index contributed by atoms with van der Waals surface area (Å²) in [5, 5.41) is 0. The van der Waals surface area contributed by atoms with Crippen LogP contribution in [-0.2, 0) is 14.3 Å². The van der Waals surface area contributed by atoms with E-state index >= 15 is 0 Å². The summed E-state index contributed by atoms with van der Waals surface area (Å²) in [5.41, 5.74) is 4.89. The number of nitrogens with one attached hydrogen (secondary N) is 1. The fraction of sp³-hybridized carbons (Fsp3) is 0.471. The lowest BCUT2D eigenvalue weighted by atomic mass is 9.68. The van der Waals surface area contributed by atoms with E-state index in [0.717, 1.165) is 22.3 Å². The first kappa shape index (κ1) is 30.9. The highest BCUT2D eigenvalue weighted by molar-refractivity contribution is 7.97. The Hall–Kier alpha value is -3.59. The highest BCUT2D eigenvalue weighted by Gasteiger charge is 2.49. The standard InChI is InChI=1S/C34H41N3O5S/c1-17(2)22-14-25-29(33(40)37(22)7)30(28-23(38)15-34(5,6)16-26(28)42-25)27-19(4)20(11-13-24(27)41-8)21-12-10-18(3)31(35-21)32(39)36-43-9/h10-13,17,22,30H,14-16H2,1-9H3,(H,36,39)/t22-,30-/m0/s1. The first-order valence-corrected chi connectivity index (χ1v) is 15.9. The van der Waals surface area contributed by atoms with Crippen LogP contribution in [-0.4, -0.2) is 53.9 Å². The molecule has 0 saturated heterocycles. The van der Waals surface area contributed by atoms with E-state index in [-0.39, 0.29) is 35.0 Å². The Morgan fingerprint density at radius 2 is 1.84 bits per heavy atom. The molecular formula is C34H41N3O5S. The summed E-state index contributed by atoms with van der Waals surface area (Å²) in [6.07, 6.45) is 3.33. The molecule has 228 valence electrons. The highest BCUT2D eigenvalue weighted by Crippen LogP contribution is 2.54. The van der Waals surface area contributed by atoms with Crippen molar-refractivity contribution in [1.82, 2.24) is 14.6 Å². The van der Waals surface area contributed by atoms with Crippen LogP contribution in [0.5, 0.6) is 5.75 Å². The lowest BCUT2D eigenvalue weighted by Crippen LogP contribution is -2.48. The highest BCUT2D eigenvalue weighted by atomic mass is 32.2. The van der Waals surface area contributed by atoms with Gasteiger partial charge in [-0.2, -0.15) is 0 Å². The number of pyridine rings is 1. The van der Waals surface area contributed by atoms with Gasteiger partial charge in [-0.25, -0.2) is 4.98 Å². The van der Waals surface area contributed by atoms with Gasteiger partial charge in [-0.05, 0) is 54.5 Å². The average Bonchev–Trinajstić information content (AvgIpc) is 2.93. The summed E-state index contributed by atoms with van der Waals surface area (Å²) < 4.78 is 15.2. The minimum atomic E-state index is -0.648. The average molecular weight is 604 g/mol. The number of ketones is 1. The lowest BCUT2D eigenvalue weighted by Gasteiger charge is -2.45. The molecule has 0 fully saturated rings. The number of nitrogens with zero attached hydrogens (tertiary/aromatic N) is 2. The Morgan fingerprint density at radius 3 is 2.49 bits per heavy atom. The first-order valence-electron chi connectivity index (χ1n) is 14.7. The summed E-state index contributed by atoms with van der Waals surface area (Å²) in [6, 6.07) is 7.55. The fourth-order valence-electron chi connectivity index (χ4n) is 6.80. The number of Topliss-reactive ketones (excluding diaryl/α,β-unsaturated/α-hetero) is 1. The molecule has 3 heterocycles. The maximum Gasteiger partial charge on any atom is 0.279 e. The summed E-state index contributed by atoms with van der Waals surface area (Å²) in [5.74, 6) is 1.05. The van der Waals surface area contributed by atoms with E-state index in [1.807, 2.05) is 45.2 Å². The third kappa shape index (κ3) is 5.37. The zero-order chi connectivity index (χ0) is 31.4. The third-order valence-corrected chi connectivity index (χ3v) is 9.37. The summed E-state index contributed by atoms with van der Waals surface area (Å²) >= 11 is 1.22. The van der Waals surface area contributed by atoms with Gasteiger partial charge in [0.05, 0.1) is 24.3 Å². The van der Waals surface area contributed by atoms with E-state index in [1.54, 1.807) is 18.3 Å². The normalized spacial score (nSPS) is 21.5. The van der Waals surface area contributed by atoms with Gasteiger partial charge in [-0.15, -0.1) is 0 Å². The number of carbonyl (C=O) groups is 3. The molecule has 0 bridgehead atoms. The summed E-state index contributed by atoms with van der Waals surface area (Å²) in [6.45, 7) is 12.2. The molecule has 5 rings (SSSR count). The minimum Gasteiger partial charge on any atom is -0.496 e. The fourth-order valence-corrected chi connectivity index (χ4v) is 7.08. The molecule has 0 spiro atoms. The first-order chi connectivity index (χ1) is 20.3. The van der Waals surface area contributed by atoms with Crippen LogP contribution in [0.15, 0.2) is 46.9 Å². The maximum atomic E-state index is 14.2. The smallest absolute Gasteiger partial charge is 0.279 e. The van der Waals surface area contributed by atoms with Crippen LogP contribution in [0, 0.1) is 25.2 Å². The molecule has 0 saturated carbocycles. The van der Waals surface area contributed by atoms with Crippen LogP contribution in [0.2, 0.25) is 0 Å². The van der Waals surface area contributed by atoms with Crippen molar-refractivity contribution in [3.05, 3.63) is 69.3 Å². The van der Waals surface area contributed by atoms with Crippen LogP contribution >= 0.6 is 11.9 Å². The number of methoxy groups -OCH3 is 1. The summed E-state index contributed by atoms with van der Waals surface area (Å²) in [4.78, 5) is 47.5. The Bertz CT molecular complexity index is 1590. The van der Waals surface area contributed by atoms with Gasteiger partial charge in [0.25, 0.3) is 11.8 Å². The summed E-state index contributed by atoms with van der Waals surface area (Å²) in [7, 11) is 3.44. The van der Waals surface area contributed by atoms with Crippen molar-refractivity contribution < 1.29 is 23.9 Å². The number of rotatable bonds is 6. The second-order valence-corrected chi connectivity index (χ2v) is 13.5. The molecule has 9 heteroatoms. The maximum absolute atomic E-state index is 14.2. The number of hydrogen-bond acceptors (Lipinski definition) is 7. The van der Waals surface area contributed by atoms with Gasteiger partial charge < -0.3 is 14.4 Å². The van der Waals surface area contributed by atoms with E-state index in [1.165, 1.54) is 11.9 Å². The number of aryl methyl sites for hydroxylation is 1. The zero-order valence-corrected chi connectivity index (χ0v) is 27.3. The van der Waals surface area contributed by atoms with Crippen molar-refractivity contribution >= 4 is 29.5 Å². The number of carbonyl (C=O) groups excluding carboxylic acids is 3. The number of hydrogen-bond donors (Lipinski definition) is 1. The van der Waals surface area contributed by atoms with Gasteiger partial charge in [0.2, 0.25) is 0 Å². The van der Waals surface area contributed by atoms with Gasteiger partial charge in [-0.3, -0.25) is 19.1 Å². The molecule has 8 nitrogen and oxygen atoms in total. The van der Waals surface area contributed by atoms with Crippen molar-refractivity contribution in [2.75, 3.05) is 20.4 Å². The van der Waals surface area contributed by atoms with Gasteiger partial charge in [-0.1, -0.05) is 45.7 Å². The van der Waals surface area contributed by atoms with E-state index < -0.39 is 5.92 Å². The van der Waals surface area contributed by atoms with Crippen molar-refractivity contribution in [2.24, 2.45) is 11.3 Å². The van der Waals surface area contributed by atoms with E-state index in [9.17, 15) is 14.4 Å². The lowest BCUT2D eigenvalue weighted by molar-refractivity contribution is -0.131. The SMILES string of the molecule is COc1ccc(-c2ccc(C)c(C(=O)NSC)n2)c(C)c1[C@H]1C2=C(CC(C)(C)CC2=O)OC2=C1C(=O)N(C)[C@H](C(C)C)C2. The molecule has 2 amide bonds. The van der Waals surface area contributed by atoms with E-state index in [2.05, 4.69) is 32.4 Å². The Balaban J connectivity index is 1.76. The van der Waals surface area contributed by atoms with E-state index in [4.69, 9.17) is 14.5 Å². The van der Waals surface area contributed by atoms with Crippen LogP contribution in [0.25, 0.3) is 11.3 Å². The van der Waals surface area contributed by atoms with Crippen molar-refractivity contribution in [3.63, 3.8) is 0 Å². The van der Waals surface area contributed by atoms with Crippen LogP contribution in [0.4, 0.5) is 0 Å². The van der Waals surface area contributed by atoms with Crippen molar-refractivity contribution in [2.45, 2.75) is 72.8 Å². The van der Waals surface area contributed by atoms with Crippen LogP contribution < -0.4 is 9.46 Å². The van der Waals surface area contributed by atoms with Crippen LogP contribution in [0.3, 0.4) is 0 Å². The van der Waals surface area contributed by atoms with Gasteiger partial charge in [0.15, 0.2) is 5.78 Å². The molecular weight excluding hydrogens is 562 g/mol. The molecule has 2 aliphatic heterocycles. The molecule has 2 atom stereocenters. The Kier molecular flexibility index (Phi) is 8.24.